The Morgan fingerprint density at radius 3 is 2.33 bits per heavy atom. The van der Waals surface area contributed by atoms with Crippen molar-refractivity contribution < 1.29 is 4.79 Å². The van der Waals surface area contributed by atoms with Crippen molar-refractivity contribution in [2.75, 3.05) is 0 Å². The molecule has 3 nitrogen and oxygen atoms in total. The van der Waals surface area contributed by atoms with Gasteiger partial charge in [-0.2, -0.15) is 0 Å². The van der Waals surface area contributed by atoms with Gasteiger partial charge in [-0.3, -0.25) is 4.79 Å². The van der Waals surface area contributed by atoms with E-state index in [1.807, 2.05) is 13.0 Å². The molecular formula is C21H30N2O. The second-order valence-electron chi connectivity index (χ2n) is 8.92. The van der Waals surface area contributed by atoms with Crippen molar-refractivity contribution in [3.63, 3.8) is 0 Å². The third-order valence-electron chi connectivity index (χ3n) is 6.36. The Kier molecular flexibility index (Phi) is 4.16. The molecule has 4 bridgehead atoms. The van der Waals surface area contributed by atoms with E-state index >= 15 is 0 Å². The lowest BCUT2D eigenvalue weighted by atomic mass is 9.53. The normalized spacial score (nSPS) is 35.0. The van der Waals surface area contributed by atoms with Crippen LogP contribution in [0.4, 0.5) is 0 Å². The largest absolute Gasteiger partial charge is 0.350 e. The van der Waals surface area contributed by atoms with E-state index in [0.29, 0.717) is 6.42 Å². The molecule has 4 fully saturated rings. The standard InChI is InChI=1S/C21H30N2O/c1-14(22)5-15-3-2-4-16(6-15)10-20(24)23-21-11-17-7-18(12-21)9-19(8-17)13-21/h2-4,6,14,17-19H,5,7-13,22H2,1H3,(H,23,24). The summed E-state index contributed by atoms with van der Waals surface area (Å²) in [5.74, 6) is 2.80. The summed E-state index contributed by atoms with van der Waals surface area (Å²) < 4.78 is 0. The predicted octanol–water partition coefficient (Wildman–Crippen LogP) is 3.20. The van der Waals surface area contributed by atoms with Gasteiger partial charge in [0.25, 0.3) is 0 Å². The maximum absolute atomic E-state index is 12.7. The van der Waals surface area contributed by atoms with Gasteiger partial charge in [-0.05, 0) is 80.8 Å². The number of hydrogen-bond acceptors (Lipinski definition) is 2. The van der Waals surface area contributed by atoms with E-state index in [2.05, 4.69) is 23.5 Å². The first-order valence-corrected chi connectivity index (χ1v) is 9.64. The number of hydrogen-bond donors (Lipinski definition) is 2. The first-order valence-electron chi connectivity index (χ1n) is 9.64. The number of rotatable bonds is 5. The highest BCUT2D eigenvalue weighted by Gasteiger charge is 2.51. The molecule has 5 rings (SSSR count). The van der Waals surface area contributed by atoms with Crippen LogP contribution in [0.1, 0.15) is 56.6 Å². The zero-order valence-corrected chi connectivity index (χ0v) is 14.8. The van der Waals surface area contributed by atoms with Gasteiger partial charge in [0.2, 0.25) is 5.91 Å². The molecule has 0 aromatic heterocycles. The summed E-state index contributed by atoms with van der Waals surface area (Å²) in [6, 6.07) is 8.50. The van der Waals surface area contributed by atoms with Crippen LogP contribution < -0.4 is 11.1 Å². The molecule has 1 aromatic carbocycles. The van der Waals surface area contributed by atoms with E-state index < -0.39 is 0 Å². The molecule has 0 radical (unpaired) electrons. The van der Waals surface area contributed by atoms with E-state index in [1.165, 1.54) is 44.1 Å². The fourth-order valence-corrected chi connectivity index (χ4v) is 6.03. The lowest BCUT2D eigenvalue weighted by Crippen LogP contribution is -2.60. The van der Waals surface area contributed by atoms with E-state index in [9.17, 15) is 4.79 Å². The molecule has 1 amide bonds. The lowest BCUT2D eigenvalue weighted by Gasteiger charge is -2.56. The summed E-state index contributed by atoms with van der Waals surface area (Å²) in [4.78, 5) is 12.7. The van der Waals surface area contributed by atoms with Crippen LogP contribution in [0, 0.1) is 17.8 Å². The number of benzene rings is 1. The van der Waals surface area contributed by atoms with Gasteiger partial charge in [0.1, 0.15) is 0 Å². The summed E-state index contributed by atoms with van der Waals surface area (Å²) in [6.07, 6.45) is 9.25. The fraction of sp³-hybridized carbons (Fsp3) is 0.667. The molecule has 24 heavy (non-hydrogen) atoms. The minimum absolute atomic E-state index is 0.120. The van der Waals surface area contributed by atoms with E-state index in [1.54, 1.807) is 0 Å². The van der Waals surface area contributed by atoms with Crippen LogP contribution >= 0.6 is 0 Å². The van der Waals surface area contributed by atoms with Crippen LogP contribution in [-0.4, -0.2) is 17.5 Å². The van der Waals surface area contributed by atoms with Gasteiger partial charge in [0, 0.05) is 11.6 Å². The average molecular weight is 326 g/mol. The SMILES string of the molecule is CC(N)Cc1cccc(CC(=O)NC23CC4CC(CC(C4)C2)C3)c1. The molecule has 0 saturated heterocycles. The molecular weight excluding hydrogens is 296 g/mol. The van der Waals surface area contributed by atoms with Crippen LogP contribution in [-0.2, 0) is 17.6 Å². The molecule has 4 aliphatic rings. The van der Waals surface area contributed by atoms with E-state index in [4.69, 9.17) is 5.73 Å². The van der Waals surface area contributed by atoms with E-state index in [0.717, 1.165) is 29.7 Å². The molecule has 0 spiro atoms. The Labute approximate surface area is 145 Å². The lowest BCUT2D eigenvalue weighted by molar-refractivity contribution is -0.126. The van der Waals surface area contributed by atoms with Crippen molar-refractivity contribution in [1.82, 2.24) is 5.32 Å². The van der Waals surface area contributed by atoms with Crippen molar-refractivity contribution in [3.05, 3.63) is 35.4 Å². The topological polar surface area (TPSA) is 55.1 Å². The Hall–Kier alpha value is -1.35. The fourth-order valence-electron chi connectivity index (χ4n) is 6.03. The maximum atomic E-state index is 12.7. The Morgan fingerprint density at radius 1 is 1.17 bits per heavy atom. The number of nitrogens with two attached hydrogens (primary N) is 1. The minimum atomic E-state index is 0.120. The molecule has 1 unspecified atom stereocenters. The van der Waals surface area contributed by atoms with Crippen molar-refractivity contribution in [3.8, 4) is 0 Å². The maximum Gasteiger partial charge on any atom is 0.224 e. The van der Waals surface area contributed by atoms with Gasteiger partial charge in [-0.1, -0.05) is 24.3 Å². The smallest absolute Gasteiger partial charge is 0.224 e. The Balaban J connectivity index is 1.40. The van der Waals surface area contributed by atoms with Gasteiger partial charge in [0.15, 0.2) is 0 Å². The van der Waals surface area contributed by atoms with Crippen molar-refractivity contribution in [2.24, 2.45) is 23.5 Å². The summed E-state index contributed by atoms with van der Waals surface area (Å²) in [5.41, 5.74) is 8.35. The van der Waals surface area contributed by atoms with Crippen LogP contribution in [0.15, 0.2) is 24.3 Å². The van der Waals surface area contributed by atoms with Crippen LogP contribution in [0.25, 0.3) is 0 Å². The molecule has 130 valence electrons. The molecule has 1 atom stereocenters. The van der Waals surface area contributed by atoms with Crippen LogP contribution in [0.3, 0.4) is 0 Å². The quantitative estimate of drug-likeness (QED) is 0.873. The van der Waals surface area contributed by atoms with Crippen molar-refractivity contribution >= 4 is 5.91 Å². The average Bonchev–Trinajstić information content (AvgIpc) is 2.44. The zero-order chi connectivity index (χ0) is 16.7. The predicted molar refractivity (Wildman–Crippen MR) is 96.5 cm³/mol. The molecule has 0 heterocycles. The Bertz CT molecular complexity index is 587. The number of amides is 1. The summed E-state index contributed by atoms with van der Waals surface area (Å²) in [7, 11) is 0. The summed E-state index contributed by atoms with van der Waals surface area (Å²) in [5, 5.41) is 3.47. The van der Waals surface area contributed by atoms with Crippen molar-refractivity contribution in [2.45, 2.75) is 69.9 Å². The molecule has 3 N–H and O–H groups in total. The molecule has 4 saturated carbocycles. The summed E-state index contributed by atoms with van der Waals surface area (Å²) >= 11 is 0. The van der Waals surface area contributed by atoms with Gasteiger partial charge in [0.05, 0.1) is 6.42 Å². The second-order valence-corrected chi connectivity index (χ2v) is 8.92. The van der Waals surface area contributed by atoms with Gasteiger partial charge < -0.3 is 11.1 Å². The van der Waals surface area contributed by atoms with Gasteiger partial charge >= 0.3 is 0 Å². The van der Waals surface area contributed by atoms with Gasteiger partial charge in [-0.25, -0.2) is 0 Å². The highest BCUT2D eigenvalue weighted by atomic mass is 16.1. The molecule has 1 aromatic rings. The molecule has 0 aliphatic heterocycles. The highest BCUT2D eigenvalue weighted by Crippen LogP contribution is 2.55. The molecule has 3 heteroatoms. The number of nitrogens with one attached hydrogen (secondary N) is 1. The first-order chi connectivity index (χ1) is 11.5. The summed E-state index contributed by atoms with van der Waals surface area (Å²) in [6.45, 7) is 2.02. The minimum Gasteiger partial charge on any atom is -0.350 e. The van der Waals surface area contributed by atoms with E-state index in [-0.39, 0.29) is 17.5 Å². The number of carbonyl (C=O) groups is 1. The molecule has 4 aliphatic carbocycles. The third kappa shape index (κ3) is 3.37. The first kappa shape index (κ1) is 16.1. The van der Waals surface area contributed by atoms with Crippen molar-refractivity contribution in [1.29, 1.82) is 0 Å². The highest BCUT2D eigenvalue weighted by molar-refractivity contribution is 5.79. The zero-order valence-electron chi connectivity index (χ0n) is 14.8. The van der Waals surface area contributed by atoms with Gasteiger partial charge in [-0.15, -0.1) is 0 Å². The second kappa shape index (κ2) is 6.18. The van der Waals surface area contributed by atoms with Crippen LogP contribution in [0.5, 0.6) is 0 Å². The third-order valence-corrected chi connectivity index (χ3v) is 6.36. The number of carbonyl (C=O) groups excluding carboxylic acids is 1. The monoisotopic (exact) mass is 326 g/mol. The van der Waals surface area contributed by atoms with Crippen LogP contribution in [0.2, 0.25) is 0 Å². The Morgan fingerprint density at radius 2 is 1.75 bits per heavy atom.